The zero-order valence-electron chi connectivity index (χ0n) is 8.17. The molecule has 0 atom stereocenters. The van der Waals surface area contributed by atoms with E-state index >= 15 is 0 Å². The van der Waals surface area contributed by atoms with Gasteiger partial charge in [0.15, 0.2) is 11.9 Å². The molecule has 0 radical (unpaired) electrons. The molecule has 0 heterocycles. The minimum Gasteiger partial charge on any atom is -0.370 e. The van der Waals surface area contributed by atoms with E-state index in [1.807, 2.05) is 24.3 Å². The van der Waals surface area contributed by atoms with Crippen molar-refractivity contribution >= 4 is 23.7 Å². The number of rotatable bonds is 2. The second-order valence-corrected chi connectivity index (χ2v) is 2.87. The van der Waals surface area contributed by atoms with Crippen LogP contribution in [0.4, 0.5) is 5.69 Å². The lowest BCUT2D eigenvalue weighted by atomic mass is 10.2. The van der Waals surface area contributed by atoms with Crippen LogP contribution in [-0.2, 0) is 0 Å². The number of benzene rings is 1. The fourth-order valence-electron chi connectivity index (χ4n) is 1.05. The summed E-state index contributed by atoms with van der Waals surface area (Å²) in [7, 11) is 0. The van der Waals surface area contributed by atoms with Gasteiger partial charge in [-0.25, -0.2) is 0 Å². The van der Waals surface area contributed by atoms with Crippen LogP contribution in [0.1, 0.15) is 5.56 Å². The number of hydrogen-bond acceptors (Lipinski definition) is 2. The van der Waals surface area contributed by atoms with Crippen molar-refractivity contribution in [1.82, 2.24) is 5.32 Å². The molecule has 0 fully saturated rings. The maximum absolute atomic E-state index is 7.42. The minimum absolute atomic E-state index is 0.0382. The van der Waals surface area contributed by atoms with Crippen LogP contribution < -0.4 is 16.4 Å². The lowest BCUT2D eigenvalue weighted by Gasteiger charge is -2.08. The molecule has 0 spiro atoms. The van der Waals surface area contributed by atoms with Crippen molar-refractivity contribution in [2.45, 2.75) is 0 Å². The van der Waals surface area contributed by atoms with Gasteiger partial charge in [-0.2, -0.15) is 0 Å². The third-order valence-electron chi connectivity index (χ3n) is 1.65. The molecule has 0 saturated heterocycles. The van der Waals surface area contributed by atoms with E-state index in [-0.39, 0.29) is 11.9 Å². The minimum atomic E-state index is -0.271. The van der Waals surface area contributed by atoms with Gasteiger partial charge in [0.05, 0.1) is 0 Å². The fourth-order valence-corrected chi connectivity index (χ4v) is 1.05. The molecule has 15 heavy (non-hydrogen) atoms. The number of guanidine groups is 2. The molecule has 0 unspecified atom stereocenters. The molecule has 1 aromatic rings. The summed E-state index contributed by atoms with van der Waals surface area (Å²) in [6.07, 6.45) is 1.72. The third-order valence-corrected chi connectivity index (χ3v) is 1.65. The first kappa shape index (κ1) is 10.8. The first-order valence-electron chi connectivity index (χ1n) is 4.31. The van der Waals surface area contributed by atoms with E-state index in [1.54, 1.807) is 6.08 Å². The Morgan fingerprint density at radius 1 is 1.40 bits per heavy atom. The van der Waals surface area contributed by atoms with Gasteiger partial charge in [0.2, 0.25) is 0 Å². The lowest BCUT2D eigenvalue weighted by Crippen LogP contribution is -2.39. The molecule has 0 saturated carbocycles. The van der Waals surface area contributed by atoms with Crippen LogP contribution in [0.25, 0.3) is 6.08 Å². The van der Waals surface area contributed by atoms with E-state index < -0.39 is 0 Å². The molecular formula is C10H13N5. The van der Waals surface area contributed by atoms with Gasteiger partial charge >= 0.3 is 0 Å². The van der Waals surface area contributed by atoms with Crippen LogP contribution in [0, 0.1) is 10.8 Å². The van der Waals surface area contributed by atoms with Crippen LogP contribution in [-0.4, -0.2) is 11.9 Å². The molecule has 0 aromatic heterocycles. The van der Waals surface area contributed by atoms with Crippen LogP contribution in [0.5, 0.6) is 0 Å². The predicted molar refractivity (Wildman–Crippen MR) is 62.9 cm³/mol. The standard InChI is InChI=1S/C10H13N5/c1-2-7-4-3-5-8(6-7)14-10(13)15-9(11)12/h2-6H,1H2,(H6,11,12,13,14,15). The highest BCUT2D eigenvalue weighted by Crippen LogP contribution is 2.10. The van der Waals surface area contributed by atoms with E-state index in [0.29, 0.717) is 0 Å². The Balaban J connectivity index is 2.67. The van der Waals surface area contributed by atoms with E-state index in [1.165, 1.54) is 0 Å². The van der Waals surface area contributed by atoms with E-state index in [0.717, 1.165) is 11.3 Å². The summed E-state index contributed by atoms with van der Waals surface area (Å²) in [5.41, 5.74) is 6.77. The zero-order chi connectivity index (χ0) is 11.3. The third kappa shape index (κ3) is 3.51. The van der Waals surface area contributed by atoms with Crippen LogP contribution in [0.2, 0.25) is 0 Å². The van der Waals surface area contributed by atoms with Gasteiger partial charge in [-0.3, -0.25) is 16.1 Å². The van der Waals surface area contributed by atoms with Crippen molar-refractivity contribution in [1.29, 1.82) is 10.8 Å². The summed E-state index contributed by atoms with van der Waals surface area (Å²) >= 11 is 0. The molecule has 0 aliphatic heterocycles. The summed E-state index contributed by atoms with van der Waals surface area (Å²) in [5, 5.41) is 19.4. The number of nitrogens with two attached hydrogens (primary N) is 1. The molecular weight excluding hydrogens is 190 g/mol. The molecule has 6 N–H and O–H groups in total. The van der Waals surface area contributed by atoms with Crippen molar-refractivity contribution < 1.29 is 0 Å². The first-order chi connectivity index (χ1) is 7.11. The van der Waals surface area contributed by atoms with Gasteiger partial charge in [-0.15, -0.1) is 0 Å². The molecule has 5 nitrogen and oxygen atoms in total. The van der Waals surface area contributed by atoms with Crippen LogP contribution in [0.3, 0.4) is 0 Å². The highest BCUT2D eigenvalue weighted by molar-refractivity contribution is 6.02. The molecule has 0 aliphatic rings. The van der Waals surface area contributed by atoms with Gasteiger partial charge in [0.1, 0.15) is 0 Å². The topological polar surface area (TPSA) is 97.8 Å². The van der Waals surface area contributed by atoms with Gasteiger partial charge < -0.3 is 11.1 Å². The molecule has 5 heteroatoms. The van der Waals surface area contributed by atoms with Crippen molar-refractivity contribution in [3.05, 3.63) is 36.4 Å². The lowest BCUT2D eigenvalue weighted by molar-refractivity contribution is 1.20. The Kier molecular flexibility index (Phi) is 3.45. The molecule has 78 valence electrons. The SMILES string of the molecule is C=Cc1cccc(NC(=N)NC(=N)N)c1. The van der Waals surface area contributed by atoms with Crippen molar-refractivity contribution in [2.24, 2.45) is 5.73 Å². The van der Waals surface area contributed by atoms with Gasteiger partial charge in [-0.1, -0.05) is 24.8 Å². The Labute approximate surface area is 88.0 Å². The smallest absolute Gasteiger partial charge is 0.199 e. The first-order valence-corrected chi connectivity index (χ1v) is 4.31. The molecule has 1 rings (SSSR count). The monoisotopic (exact) mass is 203 g/mol. The van der Waals surface area contributed by atoms with Gasteiger partial charge in [0.25, 0.3) is 0 Å². The second-order valence-electron chi connectivity index (χ2n) is 2.87. The normalized spacial score (nSPS) is 9.07. The number of hydrogen-bond donors (Lipinski definition) is 5. The largest absolute Gasteiger partial charge is 0.370 e. The Bertz CT molecular complexity index is 397. The van der Waals surface area contributed by atoms with Crippen molar-refractivity contribution in [2.75, 3.05) is 5.32 Å². The average Bonchev–Trinajstić information content (AvgIpc) is 2.16. The maximum atomic E-state index is 7.42. The highest BCUT2D eigenvalue weighted by Gasteiger charge is 1.98. The summed E-state index contributed by atoms with van der Waals surface area (Å²) in [5.74, 6) is -0.309. The Hall–Kier alpha value is -2.30. The van der Waals surface area contributed by atoms with E-state index in [9.17, 15) is 0 Å². The van der Waals surface area contributed by atoms with E-state index in [2.05, 4.69) is 17.2 Å². The fraction of sp³-hybridized carbons (Fsp3) is 0. The summed E-state index contributed by atoms with van der Waals surface area (Å²) in [6.45, 7) is 3.65. The van der Waals surface area contributed by atoms with Crippen molar-refractivity contribution in [3.63, 3.8) is 0 Å². The quantitative estimate of drug-likeness (QED) is 0.368. The van der Waals surface area contributed by atoms with Crippen LogP contribution in [0.15, 0.2) is 30.8 Å². The number of nitrogens with one attached hydrogen (secondary N) is 4. The Morgan fingerprint density at radius 2 is 2.13 bits per heavy atom. The summed E-state index contributed by atoms with van der Waals surface area (Å²) < 4.78 is 0. The maximum Gasteiger partial charge on any atom is 0.199 e. The molecule has 1 aromatic carbocycles. The van der Waals surface area contributed by atoms with Crippen LogP contribution >= 0.6 is 0 Å². The number of anilines is 1. The predicted octanol–water partition coefficient (Wildman–Crippen LogP) is 1.16. The Morgan fingerprint density at radius 3 is 2.73 bits per heavy atom. The molecule has 0 bridgehead atoms. The second kappa shape index (κ2) is 4.80. The summed E-state index contributed by atoms with van der Waals surface area (Å²) in [6, 6.07) is 7.40. The highest BCUT2D eigenvalue weighted by atomic mass is 15.2. The van der Waals surface area contributed by atoms with Crippen molar-refractivity contribution in [3.8, 4) is 0 Å². The summed E-state index contributed by atoms with van der Waals surface area (Å²) in [4.78, 5) is 0. The molecule has 0 aliphatic carbocycles. The van der Waals surface area contributed by atoms with Gasteiger partial charge in [-0.05, 0) is 17.7 Å². The average molecular weight is 203 g/mol. The van der Waals surface area contributed by atoms with E-state index in [4.69, 9.17) is 16.6 Å². The molecule has 0 amide bonds. The van der Waals surface area contributed by atoms with Gasteiger partial charge in [0, 0.05) is 5.69 Å². The zero-order valence-corrected chi connectivity index (χ0v) is 8.17.